The number of nitrogens with one attached hydrogen (secondary N) is 4. The lowest BCUT2D eigenvalue weighted by molar-refractivity contribution is -0.244. The van der Waals surface area contributed by atoms with Gasteiger partial charge in [0.2, 0.25) is 0 Å². The van der Waals surface area contributed by atoms with Gasteiger partial charge < -0.3 is 207 Å². The van der Waals surface area contributed by atoms with Gasteiger partial charge in [0.15, 0.2) is 0 Å². The predicted molar refractivity (Wildman–Crippen MR) is 355 cm³/mol. The molecule has 0 radical (unpaired) electrons. The zero-order valence-corrected chi connectivity index (χ0v) is 73.9. The number of aliphatic hydroxyl groups excluding tert-OH is 1. The Kier molecular flexibility index (Phi) is 75.5. The molecule has 0 aliphatic carbocycles. The summed E-state index contributed by atoms with van der Waals surface area (Å²) in [5.41, 5.74) is 0. The van der Waals surface area contributed by atoms with Crippen molar-refractivity contribution in [2.45, 2.75) is 71.9 Å². The monoisotopic (exact) mass is 1950 g/mol. The topological polar surface area (TPSA) is 913 Å². The van der Waals surface area contributed by atoms with Gasteiger partial charge in [0.1, 0.15) is 19.8 Å². The van der Waals surface area contributed by atoms with Gasteiger partial charge in [-0.1, -0.05) is 0 Å². The van der Waals surface area contributed by atoms with Crippen molar-refractivity contribution in [2.75, 3.05) is 201 Å². The molecule has 0 aliphatic heterocycles. The third-order valence-electron chi connectivity index (χ3n) is 9.20. The van der Waals surface area contributed by atoms with E-state index in [1.807, 2.05) is 0 Å². The molecule has 0 spiro atoms. The molecule has 0 saturated heterocycles. The second-order valence-electron chi connectivity index (χ2n) is 19.1. The van der Waals surface area contributed by atoms with Crippen molar-refractivity contribution in [3.05, 3.63) is 0 Å². The van der Waals surface area contributed by atoms with Crippen molar-refractivity contribution >= 4 is 101 Å². The van der Waals surface area contributed by atoms with E-state index in [1.165, 1.54) is 55.8 Å². The minimum Gasteiger partial charge on any atom is -0.779 e. The molecule has 17 unspecified atom stereocenters. The van der Waals surface area contributed by atoms with Gasteiger partial charge in [0, 0.05) is 6.66 Å². The first-order valence-electron chi connectivity index (χ1n) is 31.2. The van der Waals surface area contributed by atoms with E-state index in [9.17, 15) is 128 Å². The molecule has 73 heteroatoms. The van der Waals surface area contributed by atoms with Crippen LogP contribution in [0.4, 0.5) is 0 Å². The van der Waals surface area contributed by atoms with E-state index in [1.54, 1.807) is 7.05 Å². The molecular formula is C41H98N4O56P13-13. The summed E-state index contributed by atoms with van der Waals surface area (Å²) in [6.45, 7) is -5.60. The number of rotatable bonds is 66. The molecular weight excluding hydrogens is 1850 g/mol. The fourth-order valence-electron chi connectivity index (χ4n) is 5.47. The molecule has 17 atom stereocenters. The van der Waals surface area contributed by atoms with Gasteiger partial charge in [-0.25, -0.2) is 0 Å². The summed E-state index contributed by atoms with van der Waals surface area (Å²) in [5, 5.41) is 19.7. The third-order valence-corrected chi connectivity index (χ3v) is 19.9. The van der Waals surface area contributed by atoms with E-state index in [-0.39, 0.29) is 86.0 Å². The first-order chi connectivity index (χ1) is 52.0. The van der Waals surface area contributed by atoms with Gasteiger partial charge in [-0.15, -0.1) is 0 Å². The average molecular weight is 1950 g/mol. The van der Waals surface area contributed by atoms with Gasteiger partial charge in [0.05, 0.1) is 178 Å². The normalized spacial score (nSPS) is 19.6. The Labute approximate surface area is 654 Å². The van der Waals surface area contributed by atoms with Crippen LogP contribution >= 0.6 is 101 Å². The first-order valence-corrected chi connectivity index (χ1v) is 50.9. The van der Waals surface area contributed by atoms with E-state index in [4.69, 9.17) is 61.5 Å². The molecule has 114 heavy (non-hydrogen) atoms. The summed E-state index contributed by atoms with van der Waals surface area (Å²) in [5.74, 6) is 0. The Morgan fingerprint density at radius 2 is 0.465 bits per heavy atom. The fourth-order valence-corrected chi connectivity index (χ4v) is 13.2. The number of ether oxygens (including phenoxy) is 4. The smallest absolute Gasteiger partial charge is 0.268 e. The highest BCUT2D eigenvalue weighted by molar-refractivity contribution is 7.50. The Balaban J connectivity index is -0.000000677. The summed E-state index contributed by atoms with van der Waals surface area (Å²) in [6.07, 6.45) is -6.79. The predicted octanol–water partition coefficient (Wildman–Crippen LogP) is -7.86. The highest BCUT2D eigenvalue weighted by atomic mass is 31.2. The number of phosphoric acid groups is 12. The van der Waals surface area contributed by atoms with E-state index in [0.717, 1.165) is 6.66 Å². The Morgan fingerprint density at radius 3 is 0.675 bits per heavy atom. The van der Waals surface area contributed by atoms with Crippen LogP contribution in [0.3, 0.4) is 0 Å². The number of hydrogen-bond acceptors (Lipinski definition) is 55. The maximum absolute atomic E-state index is 12.6. The Morgan fingerprint density at radius 1 is 0.263 bits per heavy atom. The summed E-state index contributed by atoms with van der Waals surface area (Å²) in [7, 11) is -57.8. The molecule has 0 amide bonds. The maximum atomic E-state index is 12.6. The lowest BCUT2D eigenvalue weighted by atomic mass is 10.3. The lowest BCUT2D eigenvalue weighted by Crippen LogP contribution is -2.30. The van der Waals surface area contributed by atoms with Crippen LogP contribution in [0.1, 0.15) is 47.5 Å². The second-order valence-corrected chi connectivity index (χ2v) is 36.6. The van der Waals surface area contributed by atoms with Crippen LogP contribution in [0.25, 0.3) is 0 Å². The summed E-state index contributed by atoms with van der Waals surface area (Å²) >= 11 is 0. The van der Waals surface area contributed by atoms with Gasteiger partial charge in [-0.2, -0.15) is 0 Å². The van der Waals surface area contributed by atoms with Crippen molar-refractivity contribution < 1.29 is 262 Å². The summed E-state index contributed by atoms with van der Waals surface area (Å²) in [6, 6.07) is 0. The highest BCUT2D eigenvalue weighted by Crippen LogP contribution is 2.48. The zero-order chi connectivity index (χ0) is 89.7. The number of phosphoric ester groups is 12. The molecule has 0 bridgehead atoms. The molecule has 696 valence electrons. The van der Waals surface area contributed by atoms with Gasteiger partial charge in [-0.3, -0.25) is 76.0 Å². The molecule has 0 aromatic rings. The SMILES string of the molecule is CCOP(=O)([O-])O.CCOP(=O)([O-])O.CCOP(=O)([O-])O.CCOP(=O)([O-])O.CCOP(=O)([O-])O.CNCOCCC(CO)OP(=O)([O-])OCCOP(=O)([O-])OCC(COCNC)OP(=O)([O-])OCCOP(=O)([O-])OCC(COCNC)OP(=O)([O-])OCCOP(=O)([O-])OCC(CCOCNC)OP(=O)([O-])OCCOP(C)(=O)[O-]. The molecule has 0 rings (SSSR count). The molecule has 0 saturated carbocycles. The van der Waals surface area contributed by atoms with Crippen molar-refractivity contribution in [1.29, 1.82) is 0 Å². The van der Waals surface area contributed by atoms with Crippen LogP contribution in [0.5, 0.6) is 0 Å². The molecule has 10 N–H and O–H groups in total. The standard InChI is InChI=1S/C31H76N4O36P8.5C2H7O4P/c1-32-24-53-8-6-28(18-36)68-76(45,46)62-15-12-59-74(41,42)66-22-30(19-55-26-34-3)71-79(51,52)64-17-14-60-75(43,44)67-23-31(20-56-27-35-4)70-78(49,50)63-16-13-58-73(39,40)65-21-29(7-9-54-25-33-2)69-77(47,48)61-11-10-57-72(5,37)38;5*1-2-6-7(3,4)5/h28-36H,6-27H2,1-5H3,(H,37,38)(H,39,40)(H,41,42)(H,43,44)(H,45,46)(H,47,48)(H,49,50)(H,51,52);5*2H2,1H3,(H2,3,4,5)/p-13. The van der Waals surface area contributed by atoms with Crippen LogP contribution in [0.15, 0.2) is 0 Å². The Bertz CT molecular complexity index is 2930. The highest BCUT2D eigenvalue weighted by Gasteiger charge is 2.27. The third kappa shape index (κ3) is 100. The van der Waals surface area contributed by atoms with E-state index in [0.29, 0.717) is 0 Å². The molecule has 0 aromatic heterocycles. The molecule has 0 aromatic carbocycles. The van der Waals surface area contributed by atoms with Gasteiger partial charge in [0.25, 0.3) is 93.9 Å². The van der Waals surface area contributed by atoms with E-state index in [2.05, 4.69) is 93.6 Å². The van der Waals surface area contributed by atoms with Gasteiger partial charge >= 0.3 is 0 Å². The minimum atomic E-state index is -5.49. The lowest BCUT2D eigenvalue weighted by Gasteiger charge is -2.31. The van der Waals surface area contributed by atoms with Crippen LogP contribution in [0, 0.1) is 0 Å². The molecule has 0 aliphatic rings. The van der Waals surface area contributed by atoms with Crippen LogP contribution < -0.4 is 84.9 Å². The molecule has 0 fully saturated rings. The Hall–Kier alpha value is 1.11. The fraction of sp³-hybridized carbons (Fsp3) is 1.00. The van der Waals surface area contributed by atoms with Crippen LogP contribution in [0.2, 0.25) is 0 Å². The average Bonchev–Trinajstić information content (AvgIpc) is 0.884. The maximum Gasteiger partial charge on any atom is 0.268 e. The number of hydrogen-bond donors (Lipinski definition) is 10. The zero-order valence-electron chi connectivity index (χ0n) is 62.3. The summed E-state index contributed by atoms with van der Waals surface area (Å²) in [4.78, 5) is 185. The van der Waals surface area contributed by atoms with Crippen molar-refractivity contribution in [1.82, 2.24) is 21.3 Å². The van der Waals surface area contributed by atoms with Crippen LogP contribution in [-0.2, 0) is 169 Å². The van der Waals surface area contributed by atoms with E-state index < -0.39 is 218 Å². The van der Waals surface area contributed by atoms with Crippen molar-refractivity contribution in [3.63, 3.8) is 0 Å². The number of aliphatic hydroxyl groups is 1. The molecule has 0 heterocycles. The first kappa shape index (κ1) is 126. The van der Waals surface area contributed by atoms with Crippen molar-refractivity contribution in [2.24, 2.45) is 0 Å². The summed E-state index contributed by atoms with van der Waals surface area (Å²) < 4.78 is 254. The second kappa shape index (κ2) is 68.4. The largest absolute Gasteiger partial charge is 0.779 e. The van der Waals surface area contributed by atoms with E-state index >= 15 is 0 Å². The van der Waals surface area contributed by atoms with Gasteiger partial charge in [-0.05, 0) is 75.7 Å². The van der Waals surface area contributed by atoms with Crippen LogP contribution in [-0.4, -0.2) is 255 Å². The quantitative estimate of drug-likeness (QED) is 0.0154. The van der Waals surface area contributed by atoms with Crippen molar-refractivity contribution in [3.8, 4) is 0 Å². The minimum absolute atomic E-state index is 0.00546. The molecule has 60 nitrogen and oxygen atoms in total.